The van der Waals surface area contributed by atoms with Crippen LogP contribution in [0.5, 0.6) is 0 Å². The van der Waals surface area contributed by atoms with Crippen molar-refractivity contribution in [2.45, 2.75) is 19.1 Å². The molecule has 23 heavy (non-hydrogen) atoms. The standard InChI is InChI=1S/C17H20N2O3S/c1-13(2)23(21,22)18-15-9-7-8-14(12-15)17(20)19(3)16-10-5-4-6-11-16/h4-13,18H,1-3H3. The predicted octanol–water partition coefficient (Wildman–Crippen LogP) is 3.11. The van der Waals surface area contributed by atoms with Crippen molar-refractivity contribution in [2.75, 3.05) is 16.7 Å². The van der Waals surface area contributed by atoms with Crippen molar-refractivity contribution in [3.63, 3.8) is 0 Å². The summed E-state index contributed by atoms with van der Waals surface area (Å²) in [4.78, 5) is 14.1. The van der Waals surface area contributed by atoms with E-state index in [9.17, 15) is 13.2 Å². The number of para-hydroxylation sites is 1. The summed E-state index contributed by atoms with van der Waals surface area (Å²) in [6, 6.07) is 15.7. The number of carbonyl (C=O) groups is 1. The summed E-state index contributed by atoms with van der Waals surface area (Å²) >= 11 is 0. The smallest absolute Gasteiger partial charge is 0.258 e. The summed E-state index contributed by atoms with van der Waals surface area (Å²) in [7, 11) is -1.76. The Hall–Kier alpha value is -2.34. The molecule has 0 saturated carbocycles. The first-order valence-corrected chi connectivity index (χ1v) is 8.80. The van der Waals surface area contributed by atoms with E-state index in [4.69, 9.17) is 0 Å². The third-order valence-electron chi connectivity index (χ3n) is 3.44. The number of sulfonamides is 1. The van der Waals surface area contributed by atoms with Gasteiger partial charge in [0.15, 0.2) is 0 Å². The molecule has 0 fully saturated rings. The molecule has 0 bridgehead atoms. The molecule has 0 aliphatic rings. The van der Waals surface area contributed by atoms with E-state index in [0.29, 0.717) is 11.3 Å². The van der Waals surface area contributed by atoms with Crippen LogP contribution >= 0.6 is 0 Å². The maximum Gasteiger partial charge on any atom is 0.258 e. The predicted molar refractivity (Wildman–Crippen MR) is 93.3 cm³/mol. The summed E-state index contributed by atoms with van der Waals surface area (Å²) in [5.74, 6) is -0.207. The third kappa shape index (κ3) is 4.10. The van der Waals surface area contributed by atoms with E-state index < -0.39 is 15.3 Å². The lowest BCUT2D eigenvalue weighted by molar-refractivity contribution is 0.0993. The Kier molecular flexibility index (Phi) is 5.05. The lowest BCUT2D eigenvalue weighted by atomic mass is 10.1. The highest BCUT2D eigenvalue weighted by molar-refractivity contribution is 7.93. The highest BCUT2D eigenvalue weighted by Gasteiger charge is 2.17. The van der Waals surface area contributed by atoms with Crippen LogP contribution in [0.4, 0.5) is 11.4 Å². The number of amides is 1. The second kappa shape index (κ2) is 6.83. The number of nitrogens with one attached hydrogen (secondary N) is 1. The van der Waals surface area contributed by atoms with E-state index in [0.717, 1.165) is 5.69 Å². The molecule has 2 aromatic carbocycles. The molecule has 0 aromatic heterocycles. The van der Waals surface area contributed by atoms with Gasteiger partial charge in [0.1, 0.15) is 0 Å². The normalized spacial score (nSPS) is 11.3. The molecule has 0 unspecified atom stereocenters. The van der Waals surface area contributed by atoms with Crippen LogP contribution in [0.3, 0.4) is 0 Å². The molecule has 1 N–H and O–H groups in total. The van der Waals surface area contributed by atoms with Gasteiger partial charge in [-0.1, -0.05) is 24.3 Å². The van der Waals surface area contributed by atoms with Crippen LogP contribution in [-0.4, -0.2) is 26.6 Å². The molecular weight excluding hydrogens is 312 g/mol. The Balaban J connectivity index is 2.24. The van der Waals surface area contributed by atoms with Crippen LogP contribution in [0.25, 0.3) is 0 Å². The van der Waals surface area contributed by atoms with E-state index in [1.807, 2.05) is 30.3 Å². The highest BCUT2D eigenvalue weighted by Crippen LogP contribution is 2.18. The van der Waals surface area contributed by atoms with Gasteiger partial charge in [-0.15, -0.1) is 0 Å². The van der Waals surface area contributed by atoms with Gasteiger partial charge in [-0.25, -0.2) is 8.42 Å². The topological polar surface area (TPSA) is 66.5 Å². The van der Waals surface area contributed by atoms with Gasteiger partial charge >= 0.3 is 0 Å². The molecule has 0 heterocycles. The van der Waals surface area contributed by atoms with E-state index in [1.165, 1.54) is 4.90 Å². The number of hydrogen-bond donors (Lipinski definition) is 1. The molecule has 122 valence electrons. The molecule has 6 heteroatoms. The minimum Gasteiger partial charge on any atom is -0.311 e. The van der Waals surface area contributed by atoms with E-state index in [-0.39, 0.29) is 5.91 Å². The van der Waals surface area contributed by atoms with Crippen molar-refractivity contribution >= 4 is 27.3 Å². The summed E-state index contributed by atoms with van der Waals surface area (Å²) in [6.45, 7) is 3.20. The van der Waals surface area contributed by atoms with Gasteiger partial charge in [-0.3, -0.25) is 9.52 Å². The van der Waals surface area contributed by atoms with E-state index in [1.54, 1.807) is 45.2 Å². The second-order valence-corrected chi connectivity index (χ2v) is 7.71. The number of hydrogen-bond acceptors (Lipinski definition) is 3. The minimum absolute atomic E-state index is 0.207. The van der Waals surface area contributed by atoms with Gasteiger partial charge in [0.05, 0.1) is 5.25 Å². The minimum atomic E-state index is -3.44. The van der Waals surface area contributed by atoms with Crippen molar-refractivity contribution in [3.05, 3.63) is 60.2 Å². The molecular formula is C17H20N2O3S. The van der Waals surface area contributed by atoms with Crippen molar-refractivity contribution in [3.8, 4) is 0 Å². The van der Waals surface area contributed by atoms with Crippen LogP contribution in [-0.2, 0) is 10.0 Å². The van der Waals surface area contributed by atoms with Crippen LogP contribution in [0.2, 0.25) is 0 Å². The zero-order valence-corrected chi connectivity index (χ0v) is 14.2. The fraction of sp³-hybridized carbons (Fsp3) is 0.235. The molecule has 0 spiro atoms. The Bertz CT molecular complexity index is 786. The summed E-state index contributed by atoms with van der Waals surface area (Å²) in [5, 5.41) is -0.547. The van der Waals surface area contributed by atoms with E-state index in [2.05, 4.69) is 4.72 Å². The molecule has 0 aliphatic heterocycles. The fourth-order valence-corrected chi connectivity index (χ4v) is 2.65. The fourth-order valence-electron chi connectivity index (χ4n) is 1.96. The van der Waals surface area contributed by atoms with Crippen LogP contribution in [0.1, 0.15) is 24.2 Å². The highest BCUT2D eigenvalue weighted by atomic mass is 32.2. The second-order valence-electron chi connectivity index (χ2n) is 5.48. The number of anilines is 2. The SMILES string of the molecule is CC(C)S(=O)(=O)Nc1cccc(C(=O)N(C)c2ccccc2)c1. The average molecular weight is 332 g/mol. The summed E-state index contributed by atoms with van der Waals surface area (Å²) in [5.41, 5.74) is 1.57. The Morgan fingerprint density at radius 2 is 1.70 bits per heavy atom. The van der Waals surface area contributed by atoms with Gasteiger partial charge < -0.3 is 4.90 Å². The van der Waals surface area contributed by atoms with E-state index >= 15 is 0 Å². The maximum atomic E-state index is 12.5. The van der Waals surface area contributed by atoms with Crippen LogP contribution in [0, 0.1) is 0 Å². The van der Waals surface area contributed by atoms with Gasteiger partial charge in [0, 0.05) is 24.0 Å². The molecule has 2 aromatic rings. The first-order valence-electron chi connectivity index (χ1n) is 7.26. The monoisotopic (exact) mass is 332 g/mol. The lowest BCUT2D eigenvalue weighted by Crippen LogP contribution is -2.26. The third-order valence-corrected chi connectivity index (χ3v) is 5.20. The van der Waals surface area contributed by atoms with Crippen molar-refractivity contribution in [1.82, 2.24) is 0 Å². The molecule has 0 radical (unpaired) electrons. The quantitative estimate of drug-likeness (QED) is 0.915. The number of rotatable bonds is 5. The Labute approximate surface area is 137 Å². The van der Waals surface area contributed by atoms with Gasteiger partial charge in [0.25, 0.3) is 5.91 Å². The number of benzene rings is 2. The van der Waals surface area contributed by atoms with Crippen molar-refractivity contribution < 1.29 is 13.2 Å². The number of nitrogens with zero attached hydrogens (tertiary/aromatic N) is 1. The van der Waals surface area contributed by atoms with Gasteiger partial charge in [-0.2, -0.15) is 0 Å². The Morgan fingerprint density at radius 3 is 2.30 bits per heavy atom. The largest absolute Gasteiger partial charge is 0.311 e. The van der Waals surface area contributed by atoms with Crippen molar-refractivity contribution in [1.29, 1.82) is 0 Å². The molecule has 0 saturated heterocycles. The molecule has 2 rings (SSSR count). The van der Waals surface area contributed by atoms with Crippen LogP contribution in [0.15, 0.2) is 54.6 Å². The first-order chi connectivity index (χ1) is 10.8. The zero-order chi connectivity index (χ0) is 17.0. The molecule has 0 atom stereocenters. The first kappa shape index (κ1) is 17.0. The summed E-state index contributed by atoms with van der Waals surface area (Å²) < 4.78 is 26.4. The maximum absolute atomic E-state index is 12.5. The molecule has 5 nitrogen and oxygen atoms in total. The van der Waals surface area contributed by atoms with Gasteiger partial charge in [-0.05, 0) is 44.2 Å². The van der Waals surface area contributed by atoms with Crippen LogP contribution < -0.4 is 9.62 Å². The zero-order valence-electron chi connectivity index (χ0n) is 13.4. The number of carbonyl (C=O) groups excluding carboxylic acids is 1. The lowest BCUT2D eigenvalue weighted by Gasteiger charge is -2.18. The molecule has 0 aliphatic carbocycles. The van der Waals surface area contributed by atoms with Gasteiger partial charge in [0.2, 0.25) is 10.0 Å². The average Bonchev–Trinajstić information content (AvgIpc) is 2.54. The molecule has 1 amide bonds. The van der Waals surface area contributed by atoms with Crippen molar-refractivity contribution in [2.24, 2.45) is 0 Å². The summed E-state index contributed by atoms with van der Waals surface area (Å²) in [6.07, 6.45) is 0. The Morgan fingerprint density at radius 1 is 1.04 bits per heavy atom.